The van der Waals surface area contributed by atoms with Crippen molar-refractivity contribution in [2.24, 2.45) is 5.41 Å². The molecule has 0 spiro atoms. The van der Waals surface area contributed by atoms with Gasteiger partial charge in [0.15, 0.2) is 0 Å². The van der Waals surface area contributed by atoms with Crippen LogP contribution in [0.4, 0.5) is 5.69 Å². The summed E-state index contributed by atoms with van der Waals surface area (Å²) >= 11 is 5.82. The predicted molar refractivity (Wildman–Crippen MR) is 79.7 cm³/mol. The Bertz CT molecular complexity index is 639. The topological polar surface area (TPSA) is 86.7 Å². The molecule has 3 rings (SSSR count). The molecule has 0 bridgehead atoms. The predicted octanol–water partition coefficient (Wildman–Crippen LogP) is 1.43. The number of carboxylic acids is 1. The van der Waals surface area contributed by atoms with Crippen molar-refractivity contribution in [2.45, 2.75) is 25.3 Å². The van der Waals surface area contributed by atoms with Gasteiger partial charge >= 0.3 is 5.97 Å². The van der Waals surface area contributed by atoms with Gasteiger partial charge in [0.1, 0.15) is 11.5 Å². The number of halogens is 1. The Balaban J connectivity index is 1.68. The molecule has 116 valence electrons. The number of aliphatic carboxylic acids is 1. The van der Waals surface area contributed by atoms with Crippen LogP contribution in [0.25, 0.3) is 0 Å². The van der Waals surface area contributed by atoms with Gasteiger partial charge in [-0.3, -0.25) is 14.4 Å². The van der Waals surface area contributed by atoms with E-state index in [9.17, 15) is 14.4 Å². The van der Waals surface area contributed by atoms with Crippen LogP contribution in [0.5, 0.6) is 0 Å². The largest absolute Gasteiger partial charge is 0.480 e. The number of amides is 2. The first-order valence-corrected chi connectivity index (χ1v) is 7.43. The van der Waals surface area contributed by atoms with Gasteiger partial charge in [-0.05, 0) is 43.5 Å². The quantitative estimate of drug-likeness (QED) is 0.821. The van der Waals surface area contributed by atoms with Gasteiger partial charge in [-0.2, -0.15) is 0 Å². The summed E-state index contributed by atoms with van der Waals surface area (Å²) in [5, 5.41) is 12.3. The second-order valence-corrected chi connectivity index (χ2v) is 6.10. The average molecular weight is 323 g/mol. The van der Waals surface area contributed by atoms with Crippen molar-refractivity contribution in [1.29, 1.82) is 0 Å². The SMILES string of the molecule is O=C1[C@@H](NC(=O)C2(C(=O)O)CC2)CCN1c1ccc(Cl)cc1. The summed E-state index contributed by atoms with van der Waals surface area (Å²) in [4.78, 5) is 37.2. The van der Waals surface area contributed by atoms with Gasteiger partial charge in [0, 0.05) is 17.3 Å². The van der Waals surface area contributed by atoms with Crippen LogP contribution in [-0.2, 0) is 14.4 Å². The molecule has 1 saturated carbocycles. The van der Waals surface area contributed by atoms with Gasteiger partial charge in [-0.1, -0.05) is 11.6 Å². The van der Waals surface area contributed by atoms with Crippen molar-refractivity contribution in [3.8, 4) is 0 Å². The molecule has 1 aliphatic heterocycles. The molecule has 1 aliphatic carbocycles. The van der Waals surface area contributed by atoms with Gasteiger partial charge < -0.3 is 15.3 Å². The fourth-order valence-electron chi connectivity index (χ4n) is 2.65. The number of carboxylic acid groups (broad SMARTS) is 1. The number of carbonyl (C=O) groups excluding carboxylic acids is 2. The Morgan fingerprint density at radius 3 is 2.45 bits per heavy atom. The van der Waals surface area contributed by atoms with Crippen molar-refractivity contribution in [1.82, 2.24) is 5.32 Å². The highest BCUT2D eigenvalue weighted by molar-refractivity contribution is 6.30. The number of anilines is 1. The number of benzene rings is 1. The second kappa shape index (κ2) is 5.28. The normalized spacial score (nSPS) is 22.5. The standard InChI is InChI=1S/C15H15ClN2O4/c16-9-1-3-10(4-2-9)18-8-5-11(12(18)19)17-13(20)15(6-7-15)14(21)22/h1-4,11H,5-8H2,(H,17,20)(H,21,22)/t11-/m0/s1. The molecule has 7 heteroatoms. The molecular formula is C15H15ClN2O4. The maximum atomic E-state index is 12.4. The molecule has 2 fully saturated rings. The summed E-state index contributed by atoms with van der Waals surface area (Å²) in [7, 11) is 0. The first-order chi connectivity index (χ1) is 10.4. The third-order valence-corrected chi connectivity index (χ3v) is 4.50. The molecule has 1 saturated heterocycles. The number of nitrogens with one attached hydrogen (secondary N) is 1. The molecule has 2 N–H and O–H groups in total. The van der Waals surface area contributed by atoms with E-state index in [0.717, 1.165) is 0 Å². The third-order valence-electron chi connectivity index (χ3n) is 4.24. The maximum absolute atomic E-state index is 12.4. The molecule has 2 amide bonds. The number of rotatable bonds is 4. The maximum Gasteiger partial charge on any atom is 0.319 e. The summed E-state index contributed by atoms with van der Waals surface area (Å²) < 4.78 is 0. The van der Waals surface area contributed by atoms with Gasteiger partial charge in [-0.25, -0.2) is 0 Å². The lowest BCUT2D eigenvalue weighted by atomic mass is 10.1. The summed E-state index contributed by atoms with van der Waals surface area (Å²) in [5.74, 6) is -1.90. The van der Waals surface area contributed by atoms with E-state index < -0.39 is 23.3 Å². The van der Waals surface area contributed by atoms with Crippen LogP contribution in [0.15, 0.2) is 24.3 Å². The number of carbonyl (C=O) groups is 3. The first-order valence-electron chi connectivity index (χ1n) is 7.05. The highest BCUT2D eigenvalue weighted by Gasteiger charge is 2.57. The van der Waals surface area contributed by atoms with E-state index in [0.29, 0.717) is 36.5 Å². The average Bonchev–Trinajstić information content (AvgIpc) is 3.23. The molecule has 0 unspecified atom stereocenters. The van der Waals surface area contributed by atoms with Gasteiger partial charge in [-0.15, -0.1) is 0 Å². The highest BCUT2D eigenvalue weighted by Crippen LogP contribution is 2.46. The minimum absolute atomic E-state index is 0.225. The lowest BCUT2D eigenvalue weighted by Gasteiger charge is -2.18. The molecule has 6 nitrogen and oxygen atoms in total. The Morgan fingerprint density at radius 2 is 1.91 bits per heavy atom. The molecular weight excluding hydrogens is 308 g/mol. The molecule has 1 aromatic rings. The Kier molecular flexibility index (Phi) is 3.56. The second-order valence-electron chi connectivity index (χ2n) is 5.67. The van der Waals surface area contributed by atoms with E-state index in [1.54, 1.807) is 29.2 Å². The van der Waals surface area contributed by atoms with Gasteiger partial charge in [0.2, 0.25) is 11.8 Å². The van der Waals surface area contributed by atoms with Crippen LogP contribution in [-0.4, -0.2) is 35.5 Å². The lowest BCUT2D eigenvalue weighted by Crippen LogP contribution is -2.46. The molecule has 1 heterocycles. The van der Waals surface area contributed by atoms with Crippen LogP contribution in [0.2, 0.25) is 5.02 Å². The fraction of sp³-hybridized carbons (Fsp3) is 0.400. The van der Waals surface area contributed by atoms with Crippen molar-refractivity contribution >= 4 is 35.1 Å². The van der Waals surface area contributed by atoms with E-state index in [4.69, 9.17) is 16.7 Å². The fourth-order valence-corrected chi connectivity index (χ4v) is 2.78. The van der Waals surface area contributed by atoms with Crippen molar-refractivity contribution in [2.75, 3.05) is 11.4 Å². The summed E-state index contributed by atoms with van der Waals surface area (Å²) in [6.45, 7) is 0.478. The van der Waals surface area contributed by atoms with Crippen molar-refractivity contribution in [3.05, 3.63) is 29.3 Å². The van der Waals surface area contributed by atoms with E-state index in [1.165, 1.54) is 0 Å². The van der Waals surface area contributed by atoms with E-state index in [-0.39, 0.29) is 5.91 Å². The molecule has 22 heavy (non-hydrogen) atoms. The zero-order chi connectivity index (χ0) is 15.9. The molecule has 0 radical (unpaired) electrons. The Morgan fingerprint density at radius 1 is 1.27 bits per heavy atom. The third kappa shape index (κ3) is 2.43. The minimum Gasteiger partial charge on any atom is -0.480 e. The zero-order valence-corrected chi connectivity index (χ0v) is 12.5. The monoisotopic (exact) mass is 322 g/mol. The summed E-state index contributed by atoms with van der Waals surface area (Å²) in [6.07, 6.45) is 1.12. The Labute approximate surface area is 132 Å². The van der Waals surface area contributed by atoms with Crippen molar-refractivity contribution < 1.29 is 19.5 Å². The van der Waals surface area contributed by atoms with Crippen LogP contribution < -0.4 is 10.2 Å². The summed E-state index contributed by atoms with van der Waals surface area (Å²) in [6, 6.07) is 6.20. The lowest BCUT2D eigenvalue weighted by molar-refractivity contribution is -0.149. The van der Waals surface area contributed by atoms with E-state index >= 15 is 0 Å². The number of hydrogen-bond acceptors (Lipinski definition) is 3. The van der Waals surface area contributed by atoms with Gasteiger partial charge in [0.25, 0.3) is 0 Å². The van der Waals surface area contributed by atoms with Crippen molar-refractivity contribution in [3.63, 3.8) is 0 Å². The first kappa shape index (κ1) is 14.8. The van der Waals surface area contributed by atoms with E-state index in [2.05, 4.69) is 5.32 Å². The number of nitrogens with zero attached hydrogens (tertiary/aromatic N) is 1. The number of hydrogen-bond donors (Lipinski definition) is 2. The molecule has 2 aliphatic rings. The highest BCUT2D eigenvalue weighted by atomic mass is 35.5. The summed E-state index contributed by atoms with van der Waals surface area (Å²) in [5.41, 5.74) is -0.612. The van der Waals surface area contributed by atoms with Crippen LogP contribution >= 0.6 is 11.6 Å². The minimum atomic E-state index is -1.33. The van der Waals surface area contributed by atoms with Crippen LogP contribution in [0.3, 0.4) is 0 Å². The molecule has 1 aromatic carbocycles. The van der Waals surface area contributed by atoms with E-state index in [1.807, 2.05) is 0 Å². The smallest absolute Gasteiger partial charge is 0.319 e. The molecule has 0 aromatic heterocycles. The van der Waals surface area contributed by atoms with Crippen LogP contribution in [0.1, 0.15) is 19.3 Å². The zero-order valence-electron chi connectivity index (χ0n) is 11.7. The molecule has 1 atom stereocenters. The Hall–Kier alpha value is -2.08. The van der Waals surface area contributed by atoms with Crippen LogP contribution in [0, 0.1) is 5.41 Å². The van der Waals surface area contributed by atoms with Gasteiger partial charge in [0.05, 0.1) is 0 Å².